The molecule has 2 aromatic rings. The Morgan fingerprint density at radius 1 is 1.10 bits per heavy atom. The third kappa shape index (κ3) is 2.32. The Morgan fingerprint density at radius 2 is 1.85 bits per heavy atom. The number of rotatable bonds is 3. The molecular weight excluding hydrogens is 280 g/mol. The molecule has 4 heteroatoms. The summed E-state index contributed by atoms with van der Waals surface area (Å²) in [6, 6.07) is 11.2. The summed E-state index contributed by atoms with van der Waals surface area (Å²) in [6.45, 7) is 1.43. The highest BCUT2D eigenvalue weighted by Crippen LogP contribution is 2.37. The van der Waals surface area contributed by atoms with Gasteiger partial charge in [0.2, 0.25) is 0 Å². The van der Waals surface area contributed by atoms with Crippen LogP contribution < -0.4 is 5.32 Å². The predicted octanol–water partition coefficient (Wildman–Crippen LogP) is 3.70. The second-order valence-electron chi connectivity index (χ2n) is 5.28. The smallest absolute Gasteiger partial charge is 0.126 e. The van der Waals surface area contributed by atoms with Crippen LogP contribution in [0.2, 0.25) is 5.02 Å². The Morgan fingerprint density at radius 3 is 2.50 bits per heavy atom. The molecule has 0 bridgehead atoms. The van der Waals surface area contributed by atoms with Crippen LogP contribution in [0.3, 0.4) is 0 Å². The molecular formula is C16H14ClF2N. The van der Waals surface area contributed by atoms with Crippen LogP contribution in [0, 0.1) is 11.6 Å². The summed E-state index contributed by atoms with van der Waals surface area (Å²) in [5.41, 5.74) is 1.13. The highest BCUT2D eigenvalue weighted by molar-refractivity contribution is 6.31. The topological polar surface area (TPSA) is 12.0 Å². The van der Waals surface area contributed by atoms with E-state index in [0.29, 0.717) is 30.1 Å². The van der Waals surface area contributed by atoms with Crippen molar-refractivity contribution < 1.29 is 8.78 Å². The van der Waals surface area contributed by atoms with Gasteiger partial charge in [-0.05, 0) is 41.8 Å². The zero-order valence-electron chi connectivity index (χ0n) is 10.8. The maximum Gasteiger partial charge on any atom is 0.126 e. The monoisotopic (exact) mass is 293 g/mol. The van der Waals surface area contributed by atoms with E-state index >= 15 is 0 Å². The third-order valence-electron chi connectivity index (χ3n) is 3.91. The molecule has 0 amide bonds. The van der Waals surface area contributed by atoms with Crippen LogP contribution in [0.25, 0.3) is 0 Å². The summed E-state index contributed by atoms with van der Waals surface area (Å²) in [7, 11) is 0. The minimum atomic E-state index is -0.414. The van der Waals surface area contributed by atoms with Crippen LogP contribution in [0.15, 0.2) is 42.5 Å². The summed E-state index contributed by atoms with van der Waals surface area (Å²) in [5, 5.41) is 3.88. The van der Waals surface area contributed by atoms with Gasteiger partial charge in [-0.15, -0.1) is 0 Å². The molecule has 2 aromatic carbocycles. The van der Waals surface area contributed by atoms with Crippen molar-refractivity contribution in [1.29, 1.82) is 0 Å². The standard InChI is InChI=1S/C16H14ClF2N/c17-14-4-2-1-3-13(14)16(9-20-10-16)8-11-7-12(18)5-6-15(11)19/h1-7,20H,8-10H2. The lowest BCUT2D eigenvalue weighted by Gasteiger charge is -2.44. The van der Waals surface area contributed by atoms with E-state index in [4.69, 9.17) is 11.6 Å². The van der Waals surface area contributed by atoms with E-state index in [0.717, 1.165) is 11.6 Å². The summed E-state index contributed by atoms with van der Waals surface area (Å²) < 4.78 is 27.2. The number of halogens is 3. The number of nitrogens with one attached hydrogen (secondary N) is 1. The van der Waals surface area contributed by atoms with Crippen molar-refractivity contribution in [1.82, 2.24) is 5.32 Å². The molecule has 20 heavy (non-hydrogen) atoms. The quantitative estimate of drug-likeness (QED) is 0.910. The lowest BCUT2D eigenvalue weighted by Crippen LogP contribution is -2.58. The van der Waals surface area contributed by atoms with Gasteiger partial charge in [0.1, 0.15) is 11.6 Å². The number of hydrogen-bond donors (Lipinski definition) is 1. The molecule has 1 N–H and O–H groups in total. The molecule has 104 valence electrons. The Balaban J connectivity index is 1.98. The SMILES string of the molecule is Fc1ccc(F)c(CC2(c3ccccc3Cl)CNC2)c1. The summed E-state index contributed by atoms with van der Waals surface area (Å²) in [6.07, 6.45) is 0.438. The fourth-order valence-electron chi connectivity index (χ4n) is 2.77. The molecule has 1 nitrogen and oxygen atoms in total. The number of hydrogen-bond acceptors (Lipinski definition) is 1. The molecule has 1 heterocycles. The third-order valence-corrected chi connectivity index (χ3v) is 4.24. The van der Waals surface area contributed by atoms with Gasteiger partial charge in [0, 0.05) is 23.5 Å². The van der Waals surface area contributed by atoms with Gasteiger partial charge in [0.05, 0.1) is 0 Å². The maximum absolute atomic E-state index is 13.9. The highest BCUT2D eigenvalue weighted by atomic mass is 35.5. The van der Waals surface area contributed by atoms with Crippen molar-refractivity contribution in [2.45, 2.75) is 11.8 Å². The van der Waals surface area contributed by atoms with Crippen LogP contribution in [-0.2, 0) is 11.8 Å². The van der Waals surface area contributed by atoms with Gasteiger partial charge in [-0.3, -0.25) is 0 Å². The first kappa shape index (κ1) is 13.5. The van der Waals surface area contributed by atoms with E-state index in [9.17, 15) is 8.78 Å². The van der Waals surface area contributed by atoms with Crippen LogP contribution in [0.4, 0.5) is 8.78 Å². The van der Waals surface area contributed by atoms with E-state index in [1.54, 1.807) is 0 Å². The van der Waals surface area contributed by atoms with Crippen molar-refractivity contribution >= 4 is 11.6 Å². The molecule has 0 atom stereocenters. The van der Waals surface area contributed by atoms with Crippen molar-refractivity contribution in [2.75, 3.05) is 13.1 Å². The highest BCUT2D eigenvalue weighted by Gasteiger charge is 2.40. The van der Waals surface area contributed by atoms with Gasteiger partial charge >= 0.3 is 0 Å². The van der Waals surface area contributed by atoms with Gasteiger partial charge in [-0.25, -0.2) is 8.78 Å². The Kier molecular flexibility index (Phi) is 3.48. The molecule has 0 aromatic heterocycles. The summed E-state index contributed by atoms with van der Waals surface area (Å²) >= 11 is 6.26. The van der Waals surface area contributed by atoms with Gasteiger partial charge in [0.15, 0.2) is 0 Å². The fourth-order valence-corrected chi connectivity index (χ4v) is 3.11. The molecule has 1 aliphatic rings. The molecule has 0 aliphatic carbocycles. The average molecular weight is 294 g/mol. The second-order valence-corrected chi connectivity index (χ2v) is 5.68. The largest absolute Gasteiger partial charge is 0.315 e. The summed E-state index contributed by atoms with van der Waals surface area (Å²) in [5.74, 6) is -0.785. The van der Waals surface area contributed by atoms with Crippen LogP contribution >= 0.6 is 11.6 Å². The van der Waals surface area contributed by atoms with E-state index in [2.05, 4.69) is 5.32 Å². The molecule has 3 rings (SSSR count). The fraction of sp³-hybridized carbons (Fsp3) is 0.250. The van der Waals surface area contributed by atoms with Crippen LogP contribution in [0.1, 0.15) is 11.1 Å². The van der Waals surface area contributed by atoms with Crippen molar-refractivity contribution in [2.24, 2.45) is 0 Å². The Labute approximate surface area is 121 Å². The minimum absolute atomic E-state index is 0.257. The van der Waals surface area contributed by atoms with Crippen molar-refractivity contribution in [3.05, 3.63) is 70.2 Å². The molecule has 0 saturated carbocycles. The van der Waals surface area contributed by atoms with E-state index in [-0.39, 0.29) is 11.2 Å². The molecule has 1 saturated heterocycles. The molecule has 0 spiro atoms. The zero-order valence-corrected chi connectivity index (χ0v) is 11.6. The first-order chi connectivity index (χ1) is 9.61. The lowest BCUT2D eigenvalue weighted by atomic mass is 9.71. The van der Waals surface area contributed by atoms with Gasteiger partial charge in [-0.2, -0.15) is 0 Å². The zero-order chi connectivity index (χ0) is 14.2. The molecule has 1 fully saturated rings. The second kappa shape index (κ2) is 5.15. The van der Waals surface area contributed by atoms with Gasteiger partial charge in [-0.1, -0.05) is 29.8 Å². The van der Waals surface area contributed by atoms with Crippen molar-refractivity contribution in [3.8, 4) is 0 Å². The first-order valence-electron chi connectivity index (χ1n) is 6.50. The maximum atomic E-state index is 13.9. The average Bonchev–Trinajstić information content (AvgIpc) is 2.39. The molecule has 1 aliphatic heterocycles. The van der Waals surface area contributed by atoms with Gasteiger partial charge < -0.3 is 5.32 Å². The Bertz CT molecular complexity index is 638. The van der Waals surface area contributed by atoms with Gasteiger partial charge in [0.25, 0.3) is 0 Å². The van der Waals surface area contributed by atoms with E-state index in [1.165, 1.54) is 12.1 Å². The van der Waals surface area contributed by atoms with Crippen LogP contribution in [0.5, 0.6) is 0 Å². The number of benzene rings is 2. The molecule has 0 unspecified atom stereocenters. The normalized spacial score (nSPS) is 16.8. The first-order valence-corrected chi connectivity index (χ1v) is 6.88. The van der Waals surface area contributed by atoms with Crippen LogP contribution in [-0.4, -0.2) is 13.1 Å². The lowest BCUT2D eigenvalue weighted by molar-refractivity contribution is 0.272. The summed E-state index contributed by atoms with van der Waals surface area (Å²) in [4.78, 5) is 0. The minimum Gasteiger partial charge on any atom is -0.315 e. The predicted molar refractivity (Wildman–Crippen MR) is 76.1 cm³/mol. The van der Waals surface area contributed by atoms with E-state index < -0.39 is 5.82 Å². The Hall–Kier alpha value is -1.45. The van der Waals surface area contributed by atoms with Crippen molar-refractivity contribution in [3.63, 3.8) is 0 Å². The molecule has 0 radical (unpaired) electrons. The van der Waals surface area contributed by atoms with E-state index in [1.807, 2.05) is 24.3 Å².